The Balaban J connectivity index is 2.12. The number of nitrogens with zero attached hydrogens (tertiary/aromatic N) is 1. The predicted molar refractivity (Wildman–Crippen MR) is 65.1 cm³/mol. The van der Waals surface area contributed by atoms with Crippen molar-refractivity contribution in [3.63, 3.8) is 0 Å². The molecule has 2 fully saturated rings. The Morgan fingerprint density at radius 2 is 1.69 bits per heavy atom. The topological polar surface area (TPSA) is 37.4 Å². The highest BCUT2D eigenvalue weighted by Gasteiger charge is 2.72. The molecule has 0 spiro atoms. The number of likely N-dealkylation sites (tertiary alicyclic amines) is 1. The number of halogens is 1. The number of piperidine rings is 1. The van der Waals surface area contributed by atoms with Gasteiger partial charge in [0.2, 0.25) is 11.8 Å². The lowest BCUT2D eigenvalue weighted by Gasteiger charge is -2.29. The van der Waals surface area contributed by atoms with Crippen molar-refractivity contribution >= 4 is 27.7 Å². The first-order chi connectivity index (χ1) is 7.22. The van der Waals surface area contributed by atoms with Crippen LogP contribution < -0.4 is 0 Å². The third-order valence-electron chi connectivity index (χ3n) is 3.84. The maximum Gasteiger partial charge on any atom is 0.233 e. The van der Waals surface area contributed by atoms with Gasteiger partial charge in [-0.2, -0.15) is 0 Å². The van der Waals surface area contributed by atoms with Crippen molar-refractivity contribution in [2.75, 3.05) is 11.9 Å². The Kier molecular flexibility index (Phi) is 2.50. The zero-order chi connectivity index (χ0) is 12.3. The number of carbonyl (C=O) groups is 2. The van der Waals surface area contributed by atoms with E-state index in [4.69, 9.17) is 0 Å². The van der Waals surface area contributed by atoms with Crippen LogP contribution in [0.15, 0.2) is 0 Å². The summed E-state index contributed by atoms with van der Waals surface area (Å²) in [5.74, 6) is -0.0275. The first-order valence-corrected chi connectivity index (χ1v) is 6.76. The number of amides is 2. The molecule has 0 radical (unpaired) electrons. The van der Waals surface area contributed by atoms with Gasteiger partial charge in [0, 0.05) is 11.9 Å². The van der Waals surface area contributed by atoms with E-state index in [9.17, 15) is 9.59 Å². The molecule has 0 aromatic rings. The maximum atomic E-state index is 12.1. The molecule has 16 heavy (non-hydrogen) atoms. The fraction of sp³-hybridized carbons (Fsp3) is 0.833. The summed E-state index contributed by atoms with van der Waals surface area (Å²) < 4.78 is 0. The van der Waals surface area contributed by atoms with Crippen molar-refractivity contribution in [1.82, 2.24) is 4.90 Å². The summed E-state index contributed by atoms with van der Waals surface area (Å²) >= 11 is 3.42. The molecule has 1 saturated heterocycles. The fourth-order valence-electron chi connectivity index (χ4n) is 2.63. The molecule has 1 aliphatic carbocycles. The molecule has 1 saturated carbocycles. The Morgan fingerprint density at radius 3 is 2.06 bits per heavy atom. The maximum absolute atomic E-state index is 12.1. The number of fused-ring (bicyclic) bond motifs is 1. The van der Waals surface area contributed by atoms with Gasteiger partial charge in [-0.1, -0.05) is 43.6 Å². The van der Waals surface area contributed by atoms with Crippen LogP contribution >= 0.6 is 15.9 Å². The first-order valence-electron chi connectivity index (χ1n) is 5.63. The van der Waals surface area contributed by atoms with E-state index in [0.717, 1.165) is 5.33 Å². The van der Waals surface area contributed by atoms with Crippen LogP contribution in [-0.2, 0) is 9.59 Å². The summed E-state index contributed by atoms with van der Waals surface area (Å²) in [4.78, 5) is 25.6. The summed E-state index contributed by atoms with van der Waals surface area (Å²) in [6, 6.07) is 0. The Morgan fingerprint density at radius 1 is 1.25 bits per heavy atom. The van der Waals surface area contributed by atoms with E-state index in [-0.39, 0.29) is 34.5 Å². The highest BCUT2D eigenvalue weighted by molar-refractivity contribution is 9.09. The second-order valence-electron chi connectivity index (χ2n) is 6.34. The molecule has 1 heterocycles. The van der Waals surface area contributed by atoms with E-state index in [0.29, 0.717) is 6.54 Å². The lowest BCUT2D eigenvalue weighted by molar-refractivity contribution is -0.144. The van der Waals surface area contributed by atoms with Gasteiger partial charge >= 0.3 is 0 Å². The number of rotatable bonds is 3. The molecule has 90 valence electrons. The van der Waals surface area contributed by atoms with Crippen molar-refractivity contribution in [3.8, 4) is 0 Å². The van der Waals surface area contributed by atoms with Crippen LogP contribution in [0, 0.1) is 22.7 Å². The summed E-state index contributed by atoms with van der Waals surface area (Å²) in [6.45, 7) is 8.64. The number of hydrogen-bond acceptors (Lipinski definition) is 2. The minimum Gasteiger partial charge on any atom is -0.282 e. The average molecular weight is 288 g/mol. The Bertz CT molecular complexity index is 338. The zero-order valence-corrected chi connectivity index (χ0v) is 11.8. The van der Waals surface area contributed by atoms with Crippen molar-refractivity contribution in [3.05, 3.63) is 0 Å². The van der Waals surface area contributed by atoms with Gasteiger partial charge in [0.25, 0.3) is 0 Å². The van der Waals surface area contributed by atoms with Crippen molar-refractivity contribution in [2.45, 2.75) is 27.7 Å². The van der Waals surface area contributed by atoms with Crippen molar-refractivity contribution in [2.24, 2.45) is 22.7 Å². The van der Waals surface area contributed by atoms with Crippen LogP contribution in [0.3, 0.4) is 0 Å². The van der Waals surface area contributed by atoms with Gasteiger partial charge in [0.15, 0.2) is 0 Å². The lowest BCUT2D eigenvalue weighted by atomic mass is 9.95. The third kappa shape index (κ3) is 1.53. The second kappa shape index (κ2) is 3.31. The van der Waals surface area contributed by atoms with Crippen LogP contribution in [0.4, 0.5) is 0 Å². The van der Waals surface area contributed by atoms with Gasteiger partial charge < -0.3 is 0 Å². The van der Waals surface area contributed by atoms with Crippen molar-refractivity contribution in [1.29, 1.82) is 0 Å². The van der Waals surface area contributed by atoms with Gasteiger partial charge in [0.05, 0.1) is 11.8 Å². The third-order valence-corrected chi connectivity index (χ3v) is 5.36. The monoisotopic (exact) mass is 287 g/mol. The van der Waals surface area contributed by atoms with Crippen molar-refractivity contribution < 1.29 is 9.59 Å². The number of imide groups is 1. The molecule has 0 bridgehead atoms. The summed E-state index contributed by atoms with van der Waals surface area (Å²) in [5, 5.41) is 0.787. The van der Waals surface area contributed by atoms with Gasteiger partial charge in [0.1, 0.15) is 0 Å². The lowest BCUT2D eigenvalue weighted by Crippen LogP contribution is -2.42. The molecule has 2 unspecified atom stereocenters. The molecule has 0 aromatic carbocycles. The molecule has 0 N–H and O–H groups in total. The summed E-state index contributed by atoms with van der Waals surface area (Å²) in [5.41, 5.74) is -0.143. The van der Waals surface area contributed by atoms with Gasteiger partial charge in [-0.15, -0.1) is 0 Å². The molecular weight excluding hydrogens is 270 g/mol. The molecule has 2 atom stereocenters. The number of hydrogen-bond donors (Lipinski definition) is 0. The number of alkyl halides is 1. The fourth-order valence-corrected chi connectivity index (χ4v) is 2.81. The van der Waals surface area contributed by atoms with E-state index >= 15 is 0 Å². The van der Waals surface area contributed by atoms with Crippen LogP contribution in [0.1, 0.15) is 27.7 Å². The minimum atomic E-state index is -0.0940. The van der Waals surface area contributed by atoms with Gasteiger partial charge in [-0.05, 0) is 10.8 Å². The van der Waals surface area contributed by atoms with Crippen LogP contribution in [0.2, 0.25) is 0 Å². The average Bonchev–Trinajstić information content (AvgIpc) is 2.65. The summed E-state index contributed by atoms with van der Waals surface area (Å²) in [6.07, 6.45) is 0. The quantitative estimate of drug-likeness (QED) is 0.589. The molecule has 3 nitrogen and oxygen atoms in total. The number of carbonyl (C=O) groups excluding carboxylic acids is 2. The van der Waals surface area contributed by atoms with Gasteiger partial charge in [-0.25, -0.2) is 0 Å². The van der Waals surface area contributed by atoms with E-state index in [1.54, 1.807) is 0 Å². The molecule has 2 amide bonds. The predicted octanol–water partition coefficient (Wildman–Crippen LogP) is 2.05. The van der Waals surface area contributed by atoms with Crippen LogP contribution in [0.25, 0.3) is 0 Å². The minimum absolute atomic E-state index is 0.0361. The molecule has 2 aliphatic rings. The van der Waals surface area contributed by atoms with E-state index in [1.165, 1.54) is 4.90 Å². The highest BCUT2D eigenvalue weighted by Crippen LogP contribution is 2.63. The Hall–Kier alpha value is -0.380. The molecule has 1 aliphatic heterocycles. The first kappa shape index (κ1) is 12.1. The van der Waals surface area contributed by atoms with Crippen LogP contribution in [-0.4, -0.2) is 28.6 Å². The van der Waals surface area contributed by atoms with E-state index < -0.39 is 0 Å². The molecule has 0 aromatic heterocycles. The standard InChI is InChI=1S/C12H18BrNO2/c1-11(2,5-13)6-14-9(15)7-8(10(14)16)12(7,3)4/h7-8H,5-6H2,1-4H3. The normalized spacial score (nSPS) is 31.9. The largest absolute Gasteiger partial charge is 0.282 e. The Labute approximate surface area is 105 Å². The van der Waals surface area contributed by atoms with E-state index in [1.807, 2.05) is 13.8 Å². The highest BCUT2D eigenvalue weighted by atomic mass is 79.9. The smallest absolute Gasteiger partial charge is 0.233 e. The molecule has 2 rings (SSSR count). The van der Waals surface area contributed by atoms with Crippen LogP contribution in [0.5, 0.6) is 0 Å². The van der Waals surface area contributed by atoms with Gasteiger partial charge in [-0.3, -0.25) is 14.5 Å². The second-order valence-corrected chi connectivity index (χ2v) is 6.90. The zero-order valence-electron chi connectivity index (χ0n) is 10.2. The summed E-state index contributed by atoms with van der Waals surface area (Å²) in [7, 11) is 0. The molecular formula is C12H18BrNO2. The SMILES string of the molecule is CC(C)(CBr)CN1C(=O)C2C(C1=O)C2(C)C. The van der Waals surface area contributed by atoms with E-state index in [2.05, 4.69) is 29.8 Å². The molecule has 4 heteroatoms.